The highest BCUT2D eigenvalue weighted by Crippen LogP contribution is 2.43. The van der Waals surface area contributed by atoms with Crippen LogP contribution in [0.15, 0.2) is 41.3 Å². The Hall–Kier alpha value is -2.19. The maximum Gasteiger partial charge on any atom is 0.310 e. The van der Waals surface area contributed by atoms with E-state index in [9.17, 15) is 18.0 Å². The van der Waals surface area contributed by atoms with Gasteiger partial charge in [-0.15, -0.1) is 0 Å². The van der Waals surface area contributed by atoms with Gasteiger partial charge in [-0.3, -0.25) is 9.59 Å². The number of rotatable bonds is 6. The van der Waals surface area contributed by atoms with Crippen molar-refractivity contribution in [3.8, 4) is 0 Å². The normalized spacial score (nSPS) is 24.3. The Balaban J connectivity index is 1.42. The highest BCUT2D eigenvalue weighted by molar-refractivity contribution is 7.89. The van der Waals surface area contributed by atoms with Gasteiger partial charge in [0.1, 0.15) is 0 Å². The van der Waals surface area contributed by atoms with Gasteiger partial charge in [0.25, 0.3) is 5.91 Å². The standard InChI is InChI=1S/C17H20N2O5S/c18-25(22,23)14-5-2-11(3-6-14)9-19-16(20)10-24-17(21)15-8-12-1-4-13(15)7-12/h1-6,12-13,15H,7-10H2,(H,19,20)(H2,18,22,23)/t12-,13+,15-/m1/s1. The first kappa shape index (κ1) is 17.6. The average Bonchev–Trinajstić information content (AvgIpc) is 3.20. The van der Waals surface area contributed by atoms with Crippen LogP contribution >= 0.6 is 0 Å². The summed E-state index contributed by atoms with van der Waals surface area (Å²) in [5.41, 5.74) is 0.713. The summed E-state index contributed by atoms with van der Waals surface area (Å²) in [6, 6.07) is 5.88. The molecule has 1 aromatic carbocycles. The van der Waals surface area contributed by atoms with Crippen LogP contribution in [-0.4, -0.2) is 26.9 Å². The number of nitrogens with two attached hydrogens (primary N) is 1. The first-order valence-electron chi connectivity index (χ1n) is 8.06. The van der Waals surface area contributed by atoms with E-state index in [0.29, 0.717) is 11.5 Å². The number of carbonyl (C=O) groups excluding carboxylic acids is 2. The van der Waals surface area contributed by atoms with Crippen molar-refractivity contribution in [3.63, 3.8) is 0 Å². The van der Waals surface area contributed by atoms with Crippen LogP contribution in [0.3, 0.4) is 0 Å². The zero-order valence-corrected chi connectivity index (χ0v) is 14.4. The van der Waals surface area contributed by atoms with Crippen LogP contribution in [0.1, 0.15) is 18.4 Å². The van der Waals surface area contributed by atoms with Gasteiger partial charge in [-0.1, -0.05) is 24.3 Å². The summed E-state index contributed by atoms with van der Waals surface area (Å²) >= 11 is 0. The smallest absolute Gasteiger partial charge is 0.310 e. The van der Waals surface area contributed by atoms with E-state index >= 15 is 0 Å². The van der Waals surface area contributed by atoms with E-state index in [4.69, 9.17) is 9.88 Å². The molecule has 134 valence electrons. The lowest BCUT2D eigenvalue weighted by Crippen LogP contribution is -2.30. The molecule has 0 spiro atoms. The Bertz CT molecular complexity index is 801. The summed E-state index contributed by atoms with van der Waals surface area (Å²) in [6.07, 6.45) is 6.01. The number of sulfonamides is 1. The summed E-state index contributed by atoms with van der Waals surface area (Å²) in [5.74, 6) is -0.129. The minimum absolute atomic E-state index is 0.0106. The second-order valence-electron chi connectivity index (χ2n) is 6.46. The van der Waals surface area contributed by atoms with Gasteiger partial charge in [0.2, 0.25) is 10.0 Å². The van der Waals surface area contributed by atoms with Crippen LogP contribution in [0.4, 0.5) is 0 Å². The van der Waals surface area contributed by atoms with Gasteiger partial charge in [0.05, 0.1) is 10.8 Å². The summed E-state index contributed by atoms with van der Waals surface area (Å²) in [7, 11) is -3.73. The third-order valence-electron chi connectivity index (χ3n) is 4.67. The van der Waals surface area contributed by atoms with E-state index in [2.05, 4.69) is 17.5 Å². The number of nitrogens with one attached hydrogen (secondary N) is 1. The fourth-order valence-corrected chi connectivity index (χ4v) is 3.86. The molecule has 8 heteroatoms. The maximum atomic E-state index is 12.0. The van der Waals surface area contributed by atoms with Crippen molar-refractivity contribution in [3.05, 3.63) is 42.0 Å². The summed E-state index contributed by atoms with van der Waals surface area (Å²) in [6.45, 7) is -0.107. The van der Waals surface area contributed by atoms with Crippen LogP contribution in [0.5, 0.6) is 0 Å². The molecule has 1 aromatic rings. The van der Waals surface area contributed by atoms with Crippen molar-refractivity contribution in [2.24, 2.45) is 22.9 Å². The van der Waals surface area contributed by atoms with Crippen LogP contribution in [0.2, 0.25) is 0 Å². The monoisotopic (exact) mass is 364 g/mol. The topological polar surface area (TPSA) is 116 Å². The molecular formula is C17H20N2O5S. The minimum atomic E-state index is -3.73. The van der Waals surface area contributed by atoms with Crippen LogP contribution in [0, 0.1) is 17.8 Å². The predicted octanol–water partition coefficient (Wildman–Crippen LogP) is 0.706. The van der Waals surface area contributed by atoms with Gasteiger partial charge >= 0.3 is 5.97 Å². The molecule has 2 aliphatic carbocycles. The SMILES string of the molecule is NS(=O)(=O)c1ccc(CNC(=O)COC(=O)[C@@H]2C[C@@H]3C=C[C@H]2C3)cc1. The van der Waals surface area contributed by atoms with Crippen molar-refractivity contribution < 1.29 is 22.7 Å². The first-order valence-corrected chi connectivity index (χ1v) is 9.61. The Morgan fingerprint density at radius 1 is 1.16 bits per heavy atom. The lowest BCUT2D eigenvalue weighted by atomic mass is 9.94. The number of ether oxygens (including phenoxy) is 1. The molecule has 25 heavy (non-hydrogen) atoms. The maximum absolute atomic E-state index is 12.0. The number of amides is 1. The van der Waals surface area contributed by atoms with Gasteiger partial charge in [-0.05, 0) is 42.4 Å². The molecule has 2 bridgehead atoms. The summed E-state index contributed by atoms with van der Waals surface area (Å²) in [5, 5.41) is 7.65. The van der Waals surface area contributed by atoms with Crippen LogP contribution < -0.4 is 10.5 Å². The molecule has 1 amide bonds. The number of allylic oxidation sites excluding steroid dienone is 2. The van der Waals surface area contributed by atoms with E-state index < -0.39 is 15.9 Å². The second-order valence-corrected chi connectivity index (χ2v) is 8.02. The van der Waals surface area contributed by atoms with Crippen LogP contribution in [-0.2, 0) is 30.9 Å². The third-order valence-corrected chi connectivity index (χ3v) is 5.60. The number of hydrogen-bond acceptors (Lipinski definition) is 5. The van der Waals surface area contributed by atoms with E-state index in [-0.39, 0.29) is 35.9 Å². The number of carbonyl (C=O) groups is 2. The number of fused-ring (bicyclic) bond motifs is 2. The van der Waals surface area contributed by atoms with E-state index in [1.807, 2.05) is 0 Å². The molecule has 7 nitrogen and oxygen atoms in total. The molecule has 3 rings (SSSR count). The molecule has 0 unspecified atom stereocenters. The molecule has 2 aliphatic rings. The van der Waals surface area contributed by atoms with E-state index in [0.717, 1.165) is 12.8 Å². The second kappa shape index (κ2) is 6.97. The largest absolute Gasteiger partial charge is 0.455 e. The molecule has 3 atom stereocenters. The molecule has 0 aromatic heterocycles. The van der Waals surface area contributed by atoms with Crippen molar-refractivity contribution in [1.29, 1.82) is 0 Å². The highest BCUT2D eigenvalue weighted by Gasteiger charge is 2.40. The number of primary sulfonamides is 1. The average molecular weight is 364 g/mol. The lowest BCUT2D eigenvalue weighted by molar-refractivity contribution is -0.153. The number of benzene rings is 1. The zero-order valence-electron chi connectivity index (χ0n) is 13.6. The molecular weight excluding hydrogens is 344 g/mol. The van der Waals surface area contributed by atoms with Gasteiger partial charge in [0, 0.05) is 6.54 Å². The van der Waals surface area contributed by atoms with Crippen molar-refractivity contribution in [1.82, 2.24) is 5.32 Å². The quantitative estimate of drug-likeness (QED) is 0.570. The third kappa shape index (κ3) is 4.26. The van der Waals surface area contributed by atoms with E-state index in [1.165, 1.54) is 12.1 Å². The van der Waals surface area contributed by atoms with E-state index in [1.54, 1.807) is 12.1 Å². The van der Waals surface area contributed by atoms with Crippen molar-refractivity contribution >= 4 is 21.9 Å². The molecule has 3 N–H and O–H groups in total. The molecule has 1 fully saturated rings. The number of esters is 1. The first-order chi connectivity index (χ1) is 11.8. The molecule has 0 saturated heterocycles. The molecule has 1 saturated carbocycles. The molecule has 0 aliphatic heterocycles. The van der Waals surface area contributed by atoms with Crippen molar-refractivity contribution in [2.45, 2.75) is 24.3 Å². The fourth-order valence-electron chi connectivity index (χ4n) is 3.34. The minimum Gasteiger partial charge on any atom is -0.455 e. The summed E-state index contributed by atoms with van der Waals surface area (Å²) in [4.78, 5) is 23.9. The van der Waals surface area contributed by atoms with Gasteiger partial charge in [-0.25, -0.2) is 13.6 Å². The Kier molecular flexibility index (Phi) is 4.91. The fraction of sp³-hybridized carbons (Fsp3) is 0.412. The predicted molar refractivity (Wildman–Crippen MR) is 89.5 cm³/mol. The lowest BCUT2D eigenvalue weighted by Gasteiger charge is -2.16. The molecule has 0 radical (unpaired) electrons. The van der Waals surface area contributed by atoms with Crippen molar-refractivity contribution in [2.75, 3.05) is 6.61 Å². The van der Waals surface area contributed by atoms with Crippen LogP contribution in [0.25, 0.3) is 0 Å². The Labute approximate surface area is 146 Å². The van der Waals surface area contributed by atoms with Gasteiger partial charge in [-0.2, -0.15) is 0 Å². The highest BCUT2D eigenvalue weighted by atomic mass is 32.2. The summed E-state index contributed by atoms with van der Waals surface area (Å²) < 4.78 is 27.5. The Morgan fingerprint density at radius 2 is 1.88 bits per heavy atom. The van der Waals surface area contributed by atoms with Gasteiger partial charge < -0.3 is 10.1 Å². The Morgan fingerprint density at radius 3 is 2.44 bits per heavy atom. The zero-order chi connectivity index (χ0) is 18.0. The number of hydrogen-bond donors (Lipinski definition) is 2. The molecule has 0 heterocycles. The van der Waals surface area contributed by atoms with Gasteiger partial charge in [0.15, 0.2) is 6.61 Å².